The van der Waals surface area contributed by atoms with E-state index in [1.807, 2.05) is 45.0 Å². The number of halogens is 1. The number of carbonyl (C=O) groups is 1. The molecule has 0 bridgehead atoms. The van der Waals surface area contributed by atoms with E-state index in [9.17, 15) is 13.2 Å². The summed E-state index contributed by atoms with van der Waals surface area (Å²) in [4.78, 5) is 16.6. The lowest BCUT2D eigenvalue weighted by Gasteiger charge is -2.46. The zero-order chi connectivity index (χ0) is 23.5. The molecule has 3 rings (SSSR count). The van der Waals surface area contributed by atoms with Crippen LogP contribution in [0.25, 0.3) is 0 Å². The second kappa shape index (κ2) is 10.3. The summed E-state index contributed by atoms with van der Waals surface area (Å²) in [5.74, 6) is 0.0217. The van der Waals surface area contributed by atoms with Gasteiger partial charge in [0.1, 0.15) is 15.4 Å². The minimum Gasteiger partial charge on any atom is -0.444 e. The number of sulfone groups is 1. The smallest absolute Gasteiger partial charge is 0.410 e. The summed E-state index contributed by atoms with van der Waals surface area (Å²) in [6.45, 7) is 7.91. The molecule has 1 aromatic carbocycles. The number of nitrogens with zero attached hydrogens (tertiary/aromatic N) is 2. The molecule has 9 heteroatoms. The molecule has 0 aromatic heterocycles. The zero-order valence-corrected chi connectivity index (χ0v) is 21.0. The van der Waals surface area contributed by atoms with E-state index in [1.165, 1.54) is 11.8 Å². The second-order valence-corrected chi connectivity index (χ2v) is 12.5. The van der Waals surface area contributed by atoms with Crippen LogP contribution in [0.2, 0.25) is 5.02 Å². The van der Waals surface area contributed by atoms with Gasteiger partial charge in [0.25, 0.3) is 0 Å². The number of hydrogen-bond acceptors (Lipinski definition) is 6. The summed E-state index contributed by atoms with van der Waals surface area (Å²) in [5, 5.41) is 0.702. The summed E-state index contributed by atoms with van der Waals surface area (Å²) in [6, 6.07) is 8.22. The summed E-state index contributed by atoms with van der Waals surface area (Å²) in [6.07, 6.45) is 3.08. The van der Waals surface area contributed by atoms with Gasteiger partial charge in [-0.25, -0.2) is 13.2 Å². The number of morpholine rings is 1. The van der Waals surface area contributed by atoms with Crippen LogP contribution in [0.1, 0.15) is 39.2 Å². The molecule has 2 saturated heterocycles. The Bertz CT molecular complexity index is 877. The van der Waals surface area contributed by atoms with Crippen LogP contribution in [0.4, 0.5) is 4.79 Å². The highest BCUT2D eigenvalue weighted by molar-refractivity contribution is 7.90. The molecule has 0 unspecified atom stereocenters. The summed E-state index contributed by atoms with van der Waals surface area (Å²) in [5.41, 5.74) is 0.654. The normalized spacial score (nSPS) is 23.8. The molecule has 0 aliphatic carbocycles. The van der Waals surface area contributed by atoms with E-state index >= 15 is 0 Å². The Kier molecular flexibility index (Phi) is 8.12. The molecular formula is C23H35ClN2O5S. The van der Waals surface area contributed by atoms with Gasteiger partial charge in [-0.3, -0.25) is 4.90 Å². The standard InChI is InChI=1S/C23H35ClN2O5S/c1-23(2,3)31-22(27)25-11-9-19(10-12-25)26-14-21(16-32(4,28)29)30-15-20(26)13-17-5-7-18(24)8-6-17/h5-8,19-21H,9-16H2,1-4H3/t20-,21+/m0/s1. The highest BCUT2D eigenvalue weighted by atomic mass is 35.5. The third-order valence-electron chi connectivity index (χ3n) is 5.87. The largest absolute Gasteiger partial charge is 0.444 e. The van der Waals surface area contributed by atoms with Crippen molar-refractivity contribution in [3.8, 4) is 0 Å². The van der Waals surface area contributed by atoms with Gasteiger partial charge in [-0.2, -0.15) is 0 Å². The van der Waals surface area contributed by atoms with E-state index in [-0.39, 0.29) is 30.0 Å². The first-order chi connectivity index (χ1) is 14.9. The third kappa shape index (κ3) is 7.61. The van der Waals surface area contributed by atoms with E-state index in [0.29, 0.717) is 31.3 Å². The van der Waals surface area contributed by atoms with E-state index in [1.54, 1.807) is 4.90 Å². The first-order valence-electron chi connectivity index (χ1n) is 11.2. The molecule has 0 spiro atoms. The molecule has 0 radical (unpaired) electrons. The number of ether oxygens (including phenoxy) is 2. The van der Waals surface area contributed by atoms with Crippen LogP contribution in [0.3, 0.4) is 0 Å². The first kappa shape index (κ1) is 25.3. The predicted octanol–water partition coefficient (Wildman–Crippen LogP) is 3.40. The van der Waals surface area contributed by atoms with Crippen LogP contribution in [0.15, 0.2) is 24.3 Å². The van der Waals surface area contributed by atoms with Gasteiger partial charge in [-0.05, 0) is 57.7 Å². The van der Waals surface area contributed by atoms with Crippen molar-refractivity contribution in [2.24, 2.45) is 0 Å². The van der Waals surface area contributed by atoms with Gasteiger partial charge in [0.15, 0.2) is 0 Å². The minimum atomic E-state index is -3.13. The Morgan fingerprint density at radius 1 is 1.19 bits per heavy atom. The maximum absolute atomic E-state index is 12.4. The molecule has 7 nitrogen and oxygen atoms in total. The van der Waals surface area contributed by atoms with Gasteiger partial charge in [0.2, 0.25) is 0 Å². The molecule has 32 heavy (non-hydrogen) atoms. The van der Waals surface area contributed by atoms with Crippen molar-refractivity contribution >= 4 is 27.5 Å². The molecule has 1 amide bonds. The number of benzene rings is 1. The maximum Gasteiger partial charge on any atom is 0.410 e. The number of piperidine rings is 1. The lowest BCUT2D eigenvalue weighted by molar-refractivity contribution is -0.0786. The van der Waals surface area contributed by atoms with Crippen molar-refractivity contribution in [3.63, 3.8) is 0 Å². The molecule has 180 valence electrons. The fourth-order valence-corrected chi connectivity index (χ4v) is 5.44. The topological polar surface area (TPSA) is 76.2 Å². The van der Waals surface area contributed by atoms with Crippen molar-refractivity contribution in [3.05, 3.63) is 34.9 Å². The Labute approximate surface area is 196 Å². The zero-order valence-electron chi connectivity index (χ0n) is 19.4. The van der Waals surface area contributed by atoms with Crippen molar-refractivity contribution in [2.75, 3.05) is 38.2 Å². The molecule has 2 aliphatic heterocycles. The highest BCUT2D eigenvalue weighted by Crippen LogP contribution is 2.26. The van der Waals surface area contributed by atoms with Gasteiger partial charge in [-0.1, -0.05) is 23.7 Å². The average molecular weight is 487 g/mol. The molecule has 0 saturated carbocycles. The average Bonchev–Trinajstić information content (AvgIpc) is 2.68. The third-order valence-corrected chi connectivity index (χ3v) is 7.10. The van der Waals surface area contributed by atoms with Crippen LogP contribution in [0.5, 0.6) is 0 Å². The Morgan fingerprint density at radius 2 is 1.81 bits per heavy atom. The first-order valence-corrected chi connectivity index (χ1v) is 13.6. The van der Waals surface area contributed by atoms with Gasteiger partial charge in [-0.15, -0.1) is 0 Å². The summed E-state index contributed by atoms with van der Waals surface area (Å²) >= 11 is 6.03. The summed E-state index contributed by atoms with van der Waals surface area (Å²) in [7, 11) is -3.13. The van der Waals surface area contributed by atoms with Crippen molar-refractivity contribution < 1.29 is 22.7 Å². The van der Waals surface area contributed by atoms with Crippen molar-refractivity contribution in [1.29, 1.82) is 0 Å². The van der Waals surface area contributed by atoms with Gasteiger partial charge >= 0.3 is 6.09 Å². The fourth-order valence-electron chi connectivity index (χ4n) is 4.44. The molecule has 1 aromatic rings. The second-order valence-electron chi connectivity index (χ2n) is 9.93. The molecule has 2 aliphatic rings. The van der Waals surface area contributed by atoms with E-state index in [4.69, 9.17) is 21.1 Å². The van der Waals surface area contributed by atoms with Gasteiger partial charge in [0.05, 0.1) is 18.5 Å². The SMILES string of the molecule is CC(C)(C)OC(=O)N1CCC(N2C[C@H](CS(C)(=O)=O)OC[C@@H]2Cc2ccc(Cl)cc2)CC1. The molecule has 2 heterocycles. The van der Waals surface area contributed by atoms with E-state index in [2.05, 4.69) is 4.90 Å². The van der Waals surface area contributed by atoms with Crippen LogP contribution < -0.4 is 0 Å². The predicted molar refractivity (Wildman–Crippen MR) is 126 cm³/mol. The maximum atomic E-state index is 12.4. The molecular weight excluding hydrogens is 452 g/mol. The number of amides is 1. The quantitative estimate of drug-likeness (QED) is 0.635. The van der Waals surface area contributed by atoms with Crippen LogP contribution in [-0.4, -0.2) is 86.3 Å². The Morgan fingerprint density at radius 3 is 2.38 bits per heavy atom. The van der Waals surface area contributed by atoms with Gasteiger partial charge < -0.3 is 14.4 Å². The minimum absolute atomic E-state index is 0.0217. The van der Waals surface area contributed by atoms with E-state index < -0.39 is 15.4 Å². The highest BCUT2D eigenvalue weighted by Gasteiger charge is 2.37. The Balaban J connectivity index is 1.68. The lowest BCUT2D eigenvalue weighted by atomic mass is 9.96. The van der Waals surface area contributed by atoms with Crippen LogP contribution in [-0.2, 0) is 25.7 Å². The summed E-state index contributed by atoms with van der Waals surface area (Å²) < 4.78 is 35.2. The lowest BCUT2D eigenvalue weighted by Crippen LogP contribution is -2.58. The van der Waals surface area contributed by atoms with Crippen LogP contribution in [0, 0.1) is 0 Å². The number of carbonyl (C=O) groups excluding carboxylic acids is 1. The molecule has 2 fully saturated rings. The fraction of sp³-hybridized carbons (Fsp3) is 0.696. The van der Waals surface area contributed by atoms with Crippen LogP contribution >= 0.6 is 11.6 Å². The number of hydrogen-bond donors (Lipinski definition) is 0. The molecule has 2 atom stereocenters. The molecule has 0 N–H and O–H groups in total. The van der Waals surface area contributed by atoms with Crippen molar-refractivity contribution in [1.82, 2.24) is 9.80 Å². The van der Waals surface area contributed by atoms with E-state index in [0.717, 1.165) is 19.3 Å². The number of rotatable bonds is 5. The van der Waals surface area contributed by atoms with Crippen molar-refractivity contribution in [2.45, 2.75) is 63.8 Å². The Hall–Kier alpha value is -1.35. The van der Waals surface area contributed by atoms with Gasteiger partial charge in [0, 0.05) is 43.0 Å². The number of likely N-dealkylation sites (tertiary alicyclic amines) is 1. The monoisotopic (exact) mass is 486 g/mol.